The second-order valence-electron chi connectivity index (χ2n) is 33.7. The van der Waals surface area contributed by atoms with Crippen LogP contribution in [-0.2, 0) is 67.1 Å². The highest BCUT2D eigenvalue weighted by Crippen LogP contribution is 2.44. The normalized spacial score (nSPS) is 30.4. The van der Waals surface area contributed by atoms with E-state index in [0.29, 0.717) is 58.0 Å². The Morgan fingerprint density at radius 2 is 1.21 bits per heavy atom. The Hall–Kier alpha value is -6.85. The number of carbonyl (C=O) groups excluding carboxylic acids is 13. The highest BCUT2D eigenvalue weighted by molar-refractivity contribution is 6.21. The number of amides is 13. The minimum atomic E-state index is -4.55. The lowest BCUT2D eigenvalue weighted by atomic mass is 9.78. The third-order valence-corrected chi connectivity index (χ3v) is 26.2. The van der Waals surface area contributed by atoms with E-state index in [4.69, 9.17) is 16.3 Å². The van der Waals surface area contributed by atoms with Gasteiger partial charge in [0.1, 0.15) is 59.9 Å². The molecule has 4 aliphatic carbocycles. The number of carbonyl (C=O) groups is 13. The zero-order valence-electron chi connectivity index (χ0n) is 67.4. The lowest BCUT2D eigenvalue weighted by molar-refractivity contribution is -0.182. The van der Waals surface area contributed by atoms with Crippen molar-refractivity contribution in [3.8, 4) is 0 Å². The number of piperidine rings is 1. The van der Waals surface area contributed by atoms with E-state index in [0.717, 1.165) is 61.2 Å². The maximum absolute atomic E-state index is 16.0. The summed E-state index contributed by atoms with van der Waals surface area (Å²) in [7, 11) is 10.00. The first-order chi connectivity index (χ1) is 52.0. The van der Waals surface area contributed by atoms with Gasteiger partial charge in [-0.25, -0.2) is 0 Å². The first-order valence-electron chi connectivity index (χ1n) is 40.9. The molecule has 13 amide bonds. The molecule has 31 heteroatoms. The Bertz CT molecular complexity index is 3250. The minimum absolute atomic E-state index is 0.00293. The molecule has 8 fully saturated rings. The number of nitrogens with zero attached hydrogens (tertiary/aromatic N) is 10. The van der Waals surface area contributed by atoms with Crippen molar-refractivity contribution in [2.24, 2.45) is 35.5 Å². The van der Waals surface area contributed by atoms with Gasteiger partial charge in [-0.05, 0) is 139 Å². The van der Waals surface area contributed by atoms with E-state index in [2.05, 4.69) is 16.0 Å². The van der Waals surface area contributed by atoms with Crippen LogP contribution in [-0.4, -0.2) is 299 Å². The van der Waals surface area contributed by atoms with Crippen LogP contribution in [0.15, 0.2) is 0 Å². The highest BCUT2D eigenvalue weighted by atomic mass is 35.5. The van der Waals surface area contributed by atoms with Crippen LogP contribution in [0.25, 0.3) is 0 Å². The van der Waals surface area contributed by atoms with Crippen LogP contribution in [0.5, 0.6) is 0 Å². The maximum atomic E-state index is 16.0. The molecule has 13 atom stereocenters. The molecule has 4 aliphatic heterocycles. The number of likely N-dealkylation sites (N-methyl/N-ethyl adjacent to an activating group) is 7. The summed E-state index contributed by atoms with van der Waals surface area (Å²) >= 11 is 6.47. The van der Waals surface area contributed by atoms with Gasteiger partial charge in [0, 0.05) is 93.9 Å². The van der Waals surface area contributed by atoms with Crippen molar-refractivity contribution in [3.05, 3.63) is 0 Å². The van der Waals surface area contributed by atoms with E-state index in [1.165, 1.54) is 90.6 Å². The molecular formula is C79H127ClF3N13O14. The first-order valence-corrected chi connectivity index (χ1v) is 41.4. The van der Waals surface area contributed by atoms with E-state index < -0.39 is 179 Å². The van der Waals surface area contributed by atoms with Crippen LogP contribution in [0.4, 0.5) is 13.2 Å². The van der Waals surface area contributed by atoms with Gasteiger partial charge in [-0.1, -0.05) is 91.9 Å². The van der Waals surface area contributed by atoms with Crippen LogP contribution in [0.2, 0.25) is 0 Å². The molecular weight excluding hydrogens is 1450 g/mol. The number of ether oxygens (including phenoxy) is 1. The van der Waals surface area contributed by atoms with Gasteiger partial charge in [0.15, 0.2) is 0 Å². The standard InChI is InChI=1S/C79H127ClF3N13O14/c1-13-50(4)66-75(107)88(7)51(5)70(102)96-39-34-59(96)73(105)91(10)61(46-52-24-16-14-17-25-52)72(104)87(6)48-63(97)84-57(31-29-53-28-30-55(56(80)45-53)79(81,82)83)71(103)90(9)58(32-33-64(98)94-37-22-15-23-38-94)69(101)86-78(35-20-21-36-78)77(109)93(12)67(54-26-18-19-27-54)76(108)92(11)62(74(106)95-40-42-110-43-41-95)47-65(99)89(8)60(44-49(2)3)68(100)85-66/h49-62,66-67H,13-48H2,1-12H3,(H,84,97)(H,85,100)(H,86,101)/t50-,51-,53?,55?,56?,57-,58-,59-,60-,61-,62-,66-,67-/m0/s1. The second kappa shape index (κ2) is 39.7. The third kappa shape index (κ3) is 21.7. The van der Waals surface area contributed by atoms with Gasteiger partial charge in [0.05, 0.1) is 32.1 Å². The van der Waals surface area contributed by atoms with Crippen molar-refractivity contribution in [1.82, 2.24) is 64.9 Å². The summed E-state index contributed by atoms with van der Waals surface area (Å²) in [6.07, 6.45) is 5.29. The van der Waals surface area contributed by atoms with Crippen molar-refractivity contribution >= 4 is 88.4 Å². The topological polar surface area (TPSA) is 300 Å². The van der Waals surface area contributed by atoms with Crippen LogP contribution in [0.1, 0.15) is 214 Å². The molecule has 1 spiro atoms. The van der Waals surface area contributed by atoms with E-state index in [1.807, 2.05) is 20.8 Å². The summed E-state index contributed by atoms with van der Waals surface area (Å²) in [5.74, 6) is -11.7. The average Bonchev–Trinajstić information content (AvgIpc) is 1.36. The van der Waals surface area contributed by atoms with Crippen molar-refractivity contribution in [2.75, 3.05) is 102 Å². The Kier molecular flexibility index (Phi) is 32.1. The third-order valence-electron chi connectivity index (χ3n) is 25.8. The molecule has 0 aromatic carbocycles. The van der Waals surface area contributed by atoms with Gasteiger partial charge in [-0.15, -0.1) is 11.6 Å². The molecule has 8 aliphatic rings. The molecule has 620 valence electrons. The molecule has 0 bridgehead atoms. The zero-order valence-corrected chi connectivity index (χ0v) is 68.1. The summed E-state index contributed by atoms with van der Waals surface area (Å²) in [5.41, 5.74) is -1.70. The number of halogens is 4. The summed E-state index contributed by atoms with van der Waals surface area (Å²) < 4.78 is 48.2. The molecule has 3 unspecified atom stereocenters. The number of hydrogen-bond donors (Lipinski definition) is 3. The fourth-order valence-corrected chi connectivity index (χ4v) is 18.7. The average molecular weight is 1580 g/mol. The lowest BCUT2D eigenvalue weighted by Gasteiger charge is -2.45. The van der Waals surface area contributed by atoms with Gasteiger partial charge in [0.25, 0.3) is 0 Å². The number of rotatable bonds is 14. The molecule has 110 heavy (non-hydrogen) atoms. The van der Waals surface area contributed by atoms with Crippen molar-refractivity contribution in [3.63, 3.8) is 0 Å². The van der Waals surface area contributed by atoms with Gasteiger partial charge in [-0.2, -0.15) is 13.2 Å². The SMILES string of the molecule is CC[C@H](C)[C@@H]1NC(=O)[C@H](CC(C)C)N(C)C(=O)C[C@@H](C(=O)N2CCOCC2)N(C)C(=O)[C@H](C2CCCC2)N(C)C(=O)C2(CCCC2)NC(=O)[C@H](CCC(=O)N2CCCCC2)N(C)C(=O)[C@H](CCC2CCC(C(F)(F)F)C(Cl)C2)NC(=O)CN(C)C(=O)[C@H](CC2CCCCC2)N(C)C(=O)[C@@H]2CCN2C(=O)[C@H](C)N(C)C1=O. The quantitative estimate of drug-likeness (QED) is 0.166. The molecule has 4 heterocycles. The number of hydrogen-bond acceptors (Lipinski definition) is 14. The molecule has 27 nitrogen and oxygen atoms in total. The van der Waals surface area contributed by atoms with Gasteiger partial charge in [-0.3, -0.25) is 62.3 Å². The van der Waals surface area contributed by atoms with E-state index >= 15 is 43.2 Å². The van der Waals surface area contributed by atoms with Crippen molar-refractivity contribution in [2.45, 2.75) is 286 Å². The Balaban J connectivity index is 1.21. The molecule has 0 radical (unpaired) electrons. The number of fused-ring (bicyclic) bond motifs is 1. The van der Waals surface area contributed by atoms with Gasteiger partial charge < -0.3 is 69.7 Å². The number of morpholine rings is 1. The van der Waals surface area contributed by atoms with Gasteiger partial charge >= 0.3 is 6.18 Å². The molecule has 0 aromatic heterocycles. The lowest BCUT2D eigenvalue weighted by Crippen LogP contribution is -2.65. The van der Waals surface area contributed by atoms with Crippen LogP contribution >= 0.6 is 11.6 Å². The smallest absolute Gasteiger partial charge is 0.378 e. The largest absolute Gasteiger partial charge is 0.393 e. The molecule has 8 rings (SSSR count). The van der Waals surface area contributed by atoms with Crippen LogP contribution in [0, 0.1) is 35.5 Å². The summed E-state index contributed by atoms with van der Waals surface area (Å²) in [6, 6.07) is -11.5. The van der Waals surface area contributed by atoms with Crippen molar-refractivity contribution < 1.29 is 80.2 Å². The van der Waals surface area contributed by atoms with E-state index in [1.54, 1.807) is 11.8 Å². The number of likely N-dealkylation sites (tertiary alicyclic amines) is 1. The Morgan fingerprint density at radius 1 is 0.591 bits per heavy atom. The van der Waals surface area contributed by atoms with E-state index in [-0.39, 0.29) is 128 Å². The molecule has 0 aromatic rings. The second-order valence-corrected chi connectivity index (χ2v) is 34.2. The number of nitrogens with one attached hydrogen (secondary N) is 3. The van der Waals surface area contributed by atoms with Crippen LogP contribution in [0.3, 0.4) is 0 Å². The fraction of sp³-hybridized carbons (Fsp3) is 0.835. The molecule has 4 saturated carbocycles. The molecule has 4 saturated heterocycles. The van der Waals surface area contributed by atoms with E-state index in [9.17, 15) is 32.3 Å². The predicted octanol–water partition coefficient (Wildman–Crippen LogP) is 6.10. The highest BCUT2D eigenvalue weighted by Gasteiger charge is 2.53. The predicted molar refractivity (Wildman–Crippen MR) is 405 cm³/mol. The molecule has 3 N–H and O–H groups in total. The number of alkyl halides is 4. The van der Waals surface area contributed by atoms with Crippen molar-refractivity contribution in [1.29, 1.82) is 0 Å². The minimum Gasteiger partial charge on any atom is -0.378 e. The summed E-state index contributed by atoms with van der Waals surface area (Å²) in [6.45, 7) is 9.94. The maximum Gasteiger partial charge on any atom is 0.393 e. The monoisotopic (exact) mass is 1570 g/mol. The Morgan fingerprint density at radius 3 is 1.80 bits per heavy atom. The summed E-state index contributed by atoms with van der Waals surface area (Å²) in [4.78, 5) is 211. The zero-order chi connectivity index (χ0) is 80.8. The van der Waals surface area contributed by atoms with Gasteiger partial charge in [0.2, 0.25) is 76.8 Å². The Labute approximate surface area is 653 Å². The first kappa shape index (κ1) is 88.7. The fourth-order valence-electron chi connectivity index (χ4n) is 18.2. The summed E-state index contributed by atoms with van der Waals surface area (Å²) in [5, 5.41) is 7.59. The van der Waals surface area contributed by atoms with Crippen LogP contribution < -0.4 is 16.0 Å².